The van der Waals surface area contributed by atoms with E-state index >= 15 is 4.39 Å². The summed E-state index contributed by atoms with van der Waals surface area (Å²) in [5.41, 5.74) is 2.87. The number of carbonyl (C=O) groups excluding carboxylic acids is 1. The lowest BCUT2D eigenvalue weighted by atomic mass is 9.97. The minimum atomic E-state index is -5.08. The van der Waals surface area contributed by atoms with Crippen LogP contribution in [0.4, 0.5) is 17.6 Å². The molecular formula is C29H30Cl2F4N2O6. The number of ether oxygens (including phenoxy) is 1. The Bertz CT molecular complexity index is 1350. The van der Waals surface area contributed by atoms with Crippen molar-refractivity contribution in [3.05, 3.63) is 68.4 Å². The van der Waals surface area contributed by atoms with E-state index in [0.717, 1.165) is 36.1 Å². The maximum atomic E-state index is 15.3. The third-order valence-corrected chi connectivity index (χ3v) is 7.96. The van der Waals surface area contributed by atoms with Gasteiger partial charge in [-0.05, 0) is 85.0 Å². The molecule has 2 N–H and O–H groups in total. The summed E-state index contributed by atoms with van der Waals surface area (Å²) in [6.45, 7) is 2.89. The zero-order chi connectivity index (χ0) is 31.5. The maximum absolute atomic E-state index is 15.3. The molecule has 2 aliphatic heterocycles. The van der Waals surface area contributed by atoms with Gasteiger partial charge in [0.15, 0.2) is 0 Å². The van der Waals surface area contributed by atoms with Crippen LogP contribution < -0.4 is 0 Å². The Morgan fingerprint density at radius 3 is 2.21 bits per heavy atom. The van der Waals surface area contributed by atoms with Gasteiger partial charge in [-0.3, -0.25) is 9.69 Å². The van der Waals surface area contributed by atoms with Gasteiger partial charge in [0, 0.05) is 36.2 Å². The molecule has 1 amide bonds. The van der Waals surface area contributed by atoms with E-state index in [0.29, 0.717) is 61.5 Å². The van der Waals surface area contributed by atoms with E-state index in [9.17, 15) is 27.9 Å². The number of benzene rings is 2. The fourth-order valence-corrected chi connectivity index (χ4v) is 5.98. The molecule has 2 heterocycles. The van der Waals surface area contributed by atoms with Crippen LogP contribution >= 0.6 is 23.2 Å². The fourth-order valence-electron chi connectivity index (χ4n) is 5.41. The molecule has 43 heavy (non-hydrogen) atoms. The van der Waals surface area contributed by atoms with Crippen LogP contribution in [0.25, 0.3) is 0 Å². The Hall–Kier alpha value is -2.93. The van der Waals surface area contributed by atoms with Gasteiger partial charge < -0.3 is 19.8 Å². The van der Waals surface area contributed by atoms with Crippen molar-refractivity contribution in [3.8, 4) is 0 Å². The first-order valence-corrected chi connectivity index (χ1v) is 14.4. The Labute approximate surface area is 255 Å². The van der Waals surface area contributed by atoms with Crippen LogP contribution in [0, 0.1) is 5.82 Å². The van der Waals surface area contributed by atoms with Gasteiger partial charge in [-0.25, -0.2) is 14.0 Å². The Morgan fingerprint density at radius 1 is 0.977 bits per heavy atom. The molecule has 2 atom stereocenters. The second kappa shape index (κ2) is 13.8. The topological polar surface area (TPSA) is 107 Å². The molecule has 0 aromatic heterocycles. The summed E-state index contributed by atoms with van der Waals surface area (Å²) in [6.07, 6.45) is -1.42. The molecule has 5 rings (SSSR count). The predicted molar refractivity (Wildman–Crippen MR) is 149 cm³/mol. The van der Waals surface area contributed by atoms with Gasteiger partial charge >= 0.3 is 18.1 Å². The second-order valence-electron chi connectivity index (χ2n) is 10.8. The molecule has 8 nitrogen and oxygen atoms in total. The highest BCUT2D eigenvalue weighted by Gasteiger charge is 2.38. The number of hydrogen-bond acceptors (Lipinski definition) is 5. The van der Waals surface area contributed by atoms with Crippen LogP contribution in [0.1, 0.15) is 58.6 Å². The quantitative estimate of drug-likeness (QED) is 0.367. The standard InChI is InChI=1S/C27H29Cl2FN2O4.C2HF3O2/c28-19-8-16(9-20(29)12-19)10-21-15-31(6-7-36-21)14-18-11-24(30)23(13-22(18)17-3-4-17)26(33)32-5-1-2-25(32)27(34)35;3-2(4,5)1(6)7/h8-9,11-13,17,21,25H,1-7,10,14-15H2,(H,34,35);(H,6,7)/t21-,25+;/m1./s1. The zero-order valence-corrected chi connectivity index (χ0v) is 24.4. The van der Waals surface area contributed by atoms with Crippen molar-refractivity contribution in [2.45, 2.75) is 62.9 Å². The molecule has 14 heteroatoms. The summed E-state index contributed by atoms with van der Waals surface area (Å²) >= 11 is 12.3. The average Bonchev–Trinajstić information content (AvgIpc) is 3.62. The SMILES string of the molecule is O=C(O)C(F)(F)F.O=C(O)[C@@H]1CCCN1C(=O)c1cc(C2CC2)c(CN2CCO[C@H](Cc3cc(Cl)cc(Cl)c3)C2)cc1F. The number of amides is 1. The van der Waals surface area contributed by atoms with E-state index in [-0.39, 0.29) is 11.7 Å². The highest BCUT2D eigenvalue weighted by atomic mass is 35.5. The van der Waals surface area contributed by atoms with Crippen LogP contribution in [-0.4, -0.2) is 82.4 Å². The number of aliphatic carboxylic acids is 2. The number of alkyl halides is 3. The first kappa shape index (κ1) is 33.0. The number of carboxylic acids is 2. The molecule has 0 spiro atoms. The number of carboxylic acid groups (broad SMARTS) is 2. The number of carbonyl (C=O) groups is 3. The average molecular weight is 649 g/mol. The zero-order valence-electron chi connectivity index (χ0n) is 22.9. The number of rotatable bonds is 7. The number of morpholine rings is 1. The molecule has 3 aliphatic rings. The lowest BCUT2D eigenvalue weighted by molar-refractivity contribution is -0.192. The largest absolute Gasteiger partial charge is 0.490 e. The lowest BCUT2D eigenvalue weighted by Gasteiger charge is -2.33. The van der Waals surface area contributed by atoms with Gasteiger partial charge in [0.25, 0.3) is 5.91 Å². The molecular weight excluding hydrogens is 619 g/mol. The van der Waals surface area contributed by atoms with Crippen molar-refractivity contribution in [1.29, 1.82) is 0 Å². The van der Waals surface area contributed by atoms with Crippen molar-refractivity contribution < 1.29 is 46.9 Å². The highest BCUT2D eigenvalue weighted by Crippen LogP contribution is 2.43. The minimum Gasteiger partial charge on any atom is -0.480 e. The van der Waals surface area contributed by atoms with Crippen LogP contribution in [0.3, 0.4) is 0 Å². The highest BCUT2D eigenvalue weighted by molar-refractivity contribution is 6.34. The molecule has 1 aliphatic carbocycles. The lowest BCUT2D eigenvalue weighted by Crippen LogP contribution is -2.43. The third-order valence-electron chi connectivity index (χ3n) is 7.52. The minimum absolute atomic E-state index is 0.0218. The van der Waals surface area contributed by atoms with Gasteiger partial charge in [-0.2, -0.15) is 13.2 Å². The van der Waals surface area contributed by atoms with E-state index in [1.165, 1.54) is 11.0 Å². The van der Waals surface area contributed by atoms with E-state index in [1.54, 1.807) is 12.1 Å². The van der Waals surface area contributed by atoms with Gasteiger partial charge in [0.1, 0.15) is 11.9 Å². The summed E-state index contributed by atoms with van der Waals surface area (Å²) in [6, 6.07) is 7.75. The molecule has 3 fully saturated rings. The van der Waals surface area contributed by atoms with Gasteiger partial charge in [0.05, 0.1) is 18.3 Å². The molecule has 234 valence electrons. The Kier molecular flexibility index (Phi) is 10.6. The number of nitrogens with zero attached hydrogens (tertiary/aromatic N) is 2. The smallest absolute Gasteiger partial charge is 0.480 e. The molecule has 2 saturated heterocycles. The second-order valence-corrected chi connectivity index (χ2v) is 11.7. The van der Waals surface area contributed by atoms with E-state index < -0.39 is 35.9 Å². The molecule has 0 bridgehead atoms. The van der Waals surface area contributed by atoms with Gasteiger partial charge in [-0.15, -0.1) is 0 Å². The van der Waals surface area contributed by atoms with E-state index in [2.05, 4.69) is 4.90 Å². The number of hydrogen-bond donors (Lipinski definition) is 2. The Balaban J connectivity index is 0.000000541. The van der Waals surface area contributed by atoms with Crippen LogP contribution in [0.5, 0.6) is 0 Å². The van der Waals surface area contributed by atoms with Crippen molar-refractivity contribution in [2.75, 3.05) is 26.2 Å². The maximum Gasteiger partial charge on any atom is 0.490 e. The van der Waals surface area contributed by atoms with Gasteiger partial charge in [0.2, 0.25) is 0 Å². The molecule has 0 unspecified atom stereocenters. The third kappa shape index (κ3) is 8.81. The van der Waals surface area contributed by atoms with Crippen LogP contribution in [-0.2, 0) is 27.3 Å². The molecule has 2 aromatic rings. The van der Waals surface area contributed by atoms with Crippen molar-refractivity contribution in [1.82, 2.24) is 9.80 Å². The Morgan fingerprint density at radius 2 is 1.63 bits per heavy atom. The van der Waals surface area contributed by atoms with E-state index in [4.69, 9.17) is 37.8 Å². The molecule has 1 saturated carbocycles. The summed E-state index contributed by atoms with van der Waals surface area (Å²) in [4.78, 5) is 37.1. The normalized spacial score (nSPS) is 20.8. The number of halogens is 6. The van der Waals surface area contributed by atoms with Crippen LogP contribution in [0.15, 0.2) is 30.3 Å². The summed E-state index contributed by atoms with van der Waals surface area (Å²) in [7, 11) is 0. The van der Waals surface area contributed by atoms with E-state index in [1.807, 2.05) is 12.1 Å². The predicted octanol–water partition coefficient (Wildman–Crippen LogP) is 5.78. The van der Waals surface area contributed by atoms with Crippen molar-refractivity contribution >= 4 is 41.0 Å². The summed E-state index contributed by atoms with van der Waals surface area (Å²) < 4.78 is 53.0. The van der Waals surface area contributed by atoms with Crippen LogP contribution in [0.2, 0.25) is 10.0 Å². The fraction of sp³-hybridized carbons (Fsp3) is 0.483. The molecule has 2 aromatic carbocycles. The van der Waals surface area contributed by atoms with Gasteiger partial charge in [-0.1, -0.05) is 23.2 Å². The first-order chi connectivity index (χ1) is 20.2. The van der Waals surface area contributed by atoms with Crippen molar-refractivity contribution in [3.63, 3.8) is 0 Å². The summed E-state index contributed by atoms with van der Waals surface area (Å²) in [5, 5.41) is 17.8. The summed E-state index contributed by atoms with van der Waals surface area (Å²) in [5.74, 6) is -4.60. The first-order valence-electron chi connectivity index (χ1n) is 13.7. The van der Waals surface area contributed by atoms with Crippen molar-refractivity contribution in [2.24, 2.45) is 0 Å². The monoisotopic (exact) mass is 648 g/mol. The number of likely N-dealkylation sites (tertiary alicyclic amines) is 1. The molecule has 0 radical (unpaired) electrons.